The number of nitrogens with one attached hydrogen (secondary N) is 1. The third kappa shape index (κ3) is 3.91. The number of aliphatic imine (C=N–C) groups is 1. The Morgan fingerprint density at radius 1 is 1.08 bits per heavy atom. The molecule has 5 nitrogen and oxygen atoms in total. The zero-order valence-electron chi connectivity index (χ0n) is 12.5. The first kappa shape index (κ1) is 18.7. The summed E-state index contributed by atoms with van der Waals surface area (Å²) in [6.07, 6.45) is -10.1. The molecule has 1 aromatic rings. The Bertz CT molecular complexity index is 722. The van der Waals surface area contributed by atoms with Crippen LogP contribution in [0.2, 0.25) is 0 Å². The summed E-state index contributed by atoms with van der Waals surface area (Å²) in [6.45, 7) is 1.24. The quantitative estimate of drug-likeness (QED) is 0.788. The molecule has 0 aliphatic carbocycles. The smallest absolute Gasteiger partial charge is 0.369 e. The lowest BCUT2D eigenvalue weighted by Crippen LogP contribution is -2.46. The first-order chi connectivity index (χ1) is 11.3. The van der Waals surface area contributed by atoms with Gasteiger partial charge in [0.05, 0.1) is 17.2 Å². The summed E-state index contributed by atoms with van der Waals surface area (Å²) in [5.74, 6) is -2.42. The van der Waals surface area contributed by atoms with Crippen molar-refractivity contribution in [3.05, 3.63) is 34.9 Å². The van der Waals surface area contributed by atoms with Crippen LogP contribution in [0.3, 0.4) is 0 Å². The fourth-order valence-electron chi connectivity index (χ4n) is 2.52. The van der Waals surface area contributed by atoms with Gasteiger partial charge in [0.1, 0.15) is 5.92 Å². The highest BCUT2D eigenvalue weighted by Gasteiger charge is 2.41. The van der Waals surface area contributed by atoms with Gasteiger partial charge in [0.2, 0.25) is 5.91 Å². The summed E-state index contributed by atoms with van der Waals surface area (Å²) in [7, 11) is 0. The Labute approximate surface area is 136 Å². The average molecular weight is 367 g/mol. The van der Waals surface area contributed by atoms with E-state index in [9.17, 15) is 35.9 Å². The Hall–Kier alpha value is -2.59. The predicted octanol–water partition coefficient (Wildman–Crippen LogP) is 3.05. The van der Waals surface area contributed by atoms with Gasteiger partial charge in [0.15, 0.2) is 0 Å². The topological polar surface area (TPSA) is 84.6 Å². The van der Waals surface area contributed by atoms with Gasteiger partial charge >= 0.3 is 18.4 Å². The summed E-state index contributed by atoms with van der Waals surface area (Å²) in [5.41, 5.74) is 1.39. The standard InChI is InChI=1S/C14H11F6N3O2/c1-5-9(11(21)24)10(23-12(25)22-5)6-2-7(13(15,16)17)4-8(3-6)14(18,19)20/h2-4,9-10H,1H3,(H2,21,24)(H,23,25). The van der Waals surface area contributed by atoms with Crippen LogP contribution in [0, 0.1) is 5.92 Å². The molecule has 1 aliphatic rings. The number of nitrogens with zero attached hydrogens (tertiary/aromatic N) is 1. The molecular formula is C14H11F6N3O2. The number of hydrogen-bond acceptors (Lipinski definition) is 2. The van der Waals surface area contributed by atoms with Gasteiger partial charge in [0.25, 0.3) is 0 Å². The number of carbonyl (C=O) groups excluding carboxylic acids is 2. The van der Waals surface area contributed by atoms with E-state index in [0.29, 0.717) is 12.1 Å². The lowest BCUT2D eigenvalue weighted by Gasteiger charge is -2.30. The highest BCUT2D eigenvalue weighted by Crippen LogP contribution is 2.39. The minimum absolute atomic E-state index is 0.0473. The van der Waals surface area contributed by atoms with Gasteiger partial charge in [-0.2, -0.15) is 26.3 Å². The number of alkyl halides is 6. The molecule has 1 aromatic carbocycles. The van der Waals surface area contributed by atoms with Crippen molar-refractivity contribution in [1.82, 2.24) is 5.32 Å². The molecule has 0 fully saturated rings. The van der Waals surface area contributed by atoms with Crippen LogP contribution in [0.1, 0.15) is 29.7 Å². The number of nitrogens with two attached hydrogens (primary N) is 1. The molecule has 2 rings (SSSR count). The number of amides is 3. The summed E-state index contributed by atoms with van der Waals surface area (Å²) < 4.78 is 77.7. The van der Waals surface area contributed by atoms with Gasteiger partial charge in [-0.25, -0.2) is 9.79 Å². The third-order valence-corrected chi connectivity index (χ3v) is 3.62. The molecule has 0 saturated heterocycles. The van der Waals surface area contributed by atoms with Crippen molar-refractivity contribution >= 4 is 17.6 Å². The van der Waals surface area contributed by atoms with Crippen LogP contribution in [0.15, 0.2) is 23.2 Å². The molecule has 1 heterocycles. The van der Waals surface area contributed by atoms with Gasteiger partial charge < -0.3 is 11.1 Å². The number of primary amides is 1. The summed E-state index contributed by atoms with van der Waals surface area (Å²) in [5, 5.41) is 2.09. The van der Waals surface area contributed by atoms with Gasteiger partial charge in [-0.3, -0.25) is 4.79 Å². The van der Waals surface area contributed by atoms with Gasteiger partial charge in [0, 0.05) is 5.71 Å². The molecule has 0 spiro atoms. The van der Waals surface area contributed by atoms with E-state index in [1.807, 2.05) is 0 Å². The molecule has 2 atom stereocenters. The molecule has 3 N–H and O–H groups in total. The van der Waals surface area contributed by atoms with Crippen LogP contribution in [0.25, 0.3) is 0 Å². The first-order valence-corrected chi connectivity index (χ1v) is 6.75. The second-order valence-electron chi connectivity index (χ2n) is 5.40. The fraction of sp³-hybridized carbons (Fsp3) is 0.357. The van der Waals surface area contributed by atoms with Crippen molar-refractivity contribution in [2.45, 2.75) is 25.3 Å². The summed E-state index contributed by atoms with van der Waals surface area (Å²) in [6, 6.07) is -1.66. The van der Waals surface area contributed by atoms with E-state index in [1.165, 1.54) is 6.92 Å². The molecule has 3 amide bonds. The normalized spacial score (nSPS) is 21.6. The zero-order valence-corrected chi connectivity index (χ0v) is 12.5. The van der Waals surface area contributed by atoms with E-state index < -0.39 is 52.9 Å². The Kier molecular flexibility index (Phi) is 4.53. The maximum atomic E-state index is 12.9. The summed E-state index contributed by atoms with van der Waals surface area (Å²) in [4.78, 5) is 26.5. The van der Waals surface area contributed by atoms with Crippen molar-refractivity contribution in [2.75, 3.05) is 0 Å². The number of urea groups is 1. The van der Waals surface area contributed by atoms with E-state index in [4.69, 9.17) is 5.73 Å². The van der Waals surface area contributed by atoms with Gasteiger partial charge in [-0.05, 0) is 30.7 Å². The maximum Gasteiger partial charge on any atom is 0.416 e. The lowest BCUT2D eigenvalue weighted by molar-refractivity contribution is -0.143. The third-order valence-electron chi connectivity index (χ3n) is 3.62. The largest absolute Gasteiger partial charge is 0.416 e. The lowest BCUT2D eigenvalue weighted by atomic mass is 9.86. The maximum absolute atomic E-state index is 12.9. The van der Waals surface area contributed by atoms with Crippen molar-refractivity contribution < 1.29 is 35.9 Å². The van der Waals surface area contributed by atoms with Crippen LogP contribution in [0.4, 0.5) is 31.1 Å². The highest BCUT2D eigenvalue weighted by atomic mass is 19.4. The van der Waals surface area contributed by atoms with E-state index in [1.54, 1.807) is 0 Å². The molecule has 0 bridgehead atoms. The molecule has 25 heavy (non-hydrogen) atoms. The number of carbonyl (C=O) groups is 2. The summed E-state index contributed by atoms with van der Waals surface area (Å²) >= 11 is 0. The molecule has 0 aromatic heterocycles. The number of benzene rings is 1. The molecule has 1 aliphatic heterocycles. The van der Waals surface area contributed by atoms with Crippen LogP contribution in [-0.4, -0.2) is 17.6 Å². The van der Waals surface area contributed by atoms with Crippen LogP contribution in [-0.2, 0) is 17.1 Å². The van der Waals surface area contributed by atoms with Crippen LogP contribution < -0.4 is 11.1 Å². The minimum atomic E-state index is -5.06. The monoisotopic (exact) mass is 367 g/mol. The van der Waals surface area contributed by atoms with Crippen LogP contribution in [0.5, 0.6) is 0 Å². The predicted molar refractivity (Wildman–Crippen MR) is 73.5 cm³/mol. The van der Waals surface area contributed by atoms with Crippen LogP contribution >= 0.6 is 0 Å². The Balaban J connectivity index is 2.66. The first-order valence-electron chi connectivity index (χ1n) is 6.75. The van der Waals surface area contributed by atoms with Gasteiger partial charge in [-0.1, -0.05) is 0 Å². The van der Waals surface area contributed by atoms with Crippen molar-refractivity contribution in [2.24, 2.45) is 16.6 Å². The second-order valence-corrected chi connectivity index (χ2v) is 5.40. The molecule has 11 heteroatoms. The SMILES string of the molecule is CC1=NC(=O)NC(c2cc(C(F)(F)F)cc(C(F)(F)F)c2)C1C(N)=O. The zero-order chi connectivity index (χ0) is 19.2. The van der Waals surface area contributed by atoms with Gasteiger partial charge in [-0.15, -0.1) is 0 Å². The molecule has 0 saturated carbocycles. The highest BCUT2D eigenvalue weighted by molar-refractivity contribution is 6.09. The van der Waals surface area contributed by atoms with E-state index in [-0.39, 0.29) is 11.8 Å². The second kappa shape index (κ2) is 6.05. The molecule has 0 radical (unpaired) electrons. The number of halogens is 6. The number of rotatable bonds is 2. The molecular weight excluding hydrogens is 356 g/mol. The fourth-order valence-corrected chi connectivity index (χ4v) is 2.52. The van der Waals surface area contributed by atoms with Crippen molar-refractivity contribution in [3.8, 4) is 0 Å². The van der Waals surface area contributed by atoms with Crippen molar-refractivity contribution in [1.29, 1.82) is 0 Å². The van der Waals surface area contributed by atoms with Crippen molar-refractivity contribution in [3.63, 3.8) is 0 Å². The Morgan fingerprint density at radius 2 is 1.56 bits per heavy atom. The molecule has 2 unspecified atom stereocenters. The Morgan fingerprint density at radius 3 is 1.96 bits per heavy atom. The average Bonchev–Trinajstić information content (AvgIpc) is 2.43. The van der Waals surface area contributed by atoms with E-state index in [0.717, 1.165) is 0 Å². The van der Waals surface area contributed by atoms with E-state index in [2.05, 4.69) is 10.3 Å². The number of hydrogen-bond donors (Lipinski definition) is 2. The van der Waals surface area contributed by atoms with E-state index >= 15 is 0 Å². The minimum Gasteiger partial charge on any atom is -0.369 e. The molecule has 136 valence electrons.